The number of aryl methyl sites for hydroxylation is 1. The average molecular weight is 278 g/mol. The van der Waals surface area contributed by atoms with Gasteiger partial charge in [-0.05, 0) is 30.7 Å². The quantitative estimate of drug-likeness (QED) is 0.871. The van der Waals surface area contributed by atoms with E-state index in [0.717, 1.165) is 5.56 Å². The summed E-state index contributed by atoms with van der Waals surface area (Å²) in [5, 5.41) is -0.0482. The van der Waals surface area contributed by atoms with E-state index in [-0.39, 0.29) is 5.03 Å². The molecule has 0 aliphatic heterocycles. The van der Waals surface area contributed by atoms with Crippen LogP contribution in [0.5, 0.6) is 0 Å². The molecule has 0 fully saturated rings. The van der Waals surface area contributed by atoms with Gasteiger partial charge in [0, 0.05) is 18.9 Å². The predicted molar refractivity (Wildman–Crippen MR) is 71.9 cm³/mol. The van der Waals surface area contributed by atoms with Crippen molar-refractivity contribution in [1.82, 2.24) is 9.97 Å². The van der Waals surface area contributed by atoms with Crippen LogP contribution in [-0.2, 0) is 16.6 Å². The average Bonchev–Trinajstić information content (AvgIpc) is 2.41. The zero-order chi connectivity index (χ0) is 13.9. The highest BCUT2D eigenvalue weighted by Crippen LogP contribution is 2.16. The summed E-state index contributed by atoms with van der Waals surface area (Å²) in [6.07, 6.45) is 3.05. The number of hydrogen-bond donors (Lipinski definition) is 2. The van der Waals surface area contributed by atoms with Gasteiger partial charge in [0.2, 0.25) is 0 Å². The van der Waals surface area contributed by atoms with Crippen LogP contribution >= 0.6 is 0 Å². The minimum atomic E-state index is -3.70. The molecule has 0 aliphatic rings. The van der Waals surface area contributed by atoms with Gasteiger partial charge >= 0.3 is 0 Å². The Morgan fingerprint density at radius 2 is 2.05 bits per heavy atom. The molecule has 6 nitrogen and oxygen atoms in total. The van der Waals surface area contributed by atoms with Crippen LogP contribution in [0.4, 0.5) is 5.69 Å². The van der Waals surface area contributed by atoms with Crippen LogP contribution in [0, 0.1) is 6.92 Å². The van der Waals surface area contributed by atoms with Gasteiger partial charge in [-0.1, -0.05) is 6.07 Å². The van der Waals surface area contributed by atoms with E-state index < -0.39 is 10.0 Å². The summed E-state index contributed by atoms with van der Waals surface area (Å²) in [5.41, 5.74) is 7.25. The van der Waals surface area contributed by atoms with Gasteiger partial charge in [0.15, 0.2) is 5.03 Å². The van der Waals surface area contributed by atoms with E-state index in [2.05, 4.69) is 14.7 Å². The van der Waals surface area contributed by atoms with Crippen molar-refractivity contribution in [2.45, 2.75) is 18.5 Å². The number of aromatic nitrogens is 2. The summed E-state index contributed by atoms with van der Waals surface area (Å²) in [5.74, 6) is 0. The summed E-state index contributed by atoms with van der Waals surface area (Å²) in [6.45, 7) is 2.05. The largest absolute Gasteiger partial charge is 0.326 e. The van der Waals surface area contributed by atoms with Gasteiger partial charge < -0.3 is 5.73 Å². The SMILES string of the molecule is Cc1ncccc1NS(=O)(=O)c1ccc(CN)cn1. The number of pyridine rings is 2. The summed E-state index contributed by atoms with van der Waals surface area (Å²) in [4.78, 5) is 7.92. The second-order valence-electron chi connectivity index (χ2n) is 3.95. The van der Waals surface area contributed by atoms with E-state index in [4.69, 9.17) is 5.73 Å². The fourth-order valence-corrected chi connectivity index (χ4v) is 2.53. The summed E-state index contributed by atoms with van der Waals surface area (Å²) in [7, 11) is -3.70. The molecule has 0 saturated carbocycles. The predicted octanol–water partition coefficient (Wildman–Crippen LogP) is 1.04. The first-order valence-corrected chi connectivity index (χ1v) is 7.10. The molecule has 2 aromatic rings. The van der Waals surface area contributed by atoms with Gasteiger partial charge in [0.1, 0.15) is 0 Å². The number of anilines is 1. The van der Waals surface area contributed by atoms with E-state index >= 15 is 0 Å². The first kappa shape index (κ1) is 13.4. The molecule has 2 heterocycles. The Bertz CT molecular complexity index is 668. The molecule has 0 radical (unpaired) electrons. The highest BCUT2D eigenvalue weighted by Gasteiger charge is 2.16. The standard InChI is InChI=1S/C12H14N4O2S/c1-9-11(3-2-6-14-9)16-19(17,18)12-5-4-10(7-13)8-15-12/h2-6,8,16H,7,13H2,1H3. The molecule has 2 aromatic heterocycles. The lowest BCUT2D eigenvalue weighted by Gasteiger charge is -2.09. The van der Waals surface area contributed by atoms with E-state index in [0.29, 0.717) is 17.9 Å². The second kappa shape index (κ2) is 5.33. The molecule has 7 heteroatoms. The number of nitrogens with two attached hydrogens (primary N) is 1. The van der Waals surface area contributed by atoms with Gasteiger partial charge in [0.05, 0.1) is 11.4 Å². The molecule has 100 valence electrons. The van der Waals surface area contributed by atoms with E-state index in [1.807, 2.05) is 0 Å². The second-order valence-corrected chi connectivity index (χ2v) is 5.58. The van der Waals surface area contributed by atoms with Gasteiger partial charge in [-0.25, -0.2) is 4.98 Å². The summed E-state index contributed by atoms with van der Waals surface area (Å²) in [6, 6.07) is 6.37. The Labute approximate surface area is 111 Å². The van der Waals surface area contributed by atoms with Crippen molar-refractivity contribution in [2.75, 3.05) is 4.72 Å². The van der Waals surface area contributed by atoms with Crippen LogP contribution < -0.4 is 10.5 Å². The van der Waals surface area contributed by atoms with Crippen LogP contribution in [0.2, 0.25) is 0 Å². The van der Waals surface area contributed by atoms with Crippen LogP contribution in [0.25, 0.3) is 0 Å². The third-order valence-corrected chi connectivity index (χ3v) is 3.84. The smallest absolute Gasteiger partial charge is 0.279 e. The minimum absolute atomic E-state index is 0.0482. The number of rotatable bonds is 4. The normalized spacial score (nSPS) is 11.3. The van der Waals surface area contributed by atoms with Crippen molar-refractivity contribution in [2.24, 2.45) is 5.73 Å². The molecule has 2 rings (SSSR count). The molecule has 0 aliphatic carbocycles. The van der Waals surface area contributed by atoms with Gasteiger partial charge in [-0.2, -0.15) is 8.42 Å². The Hall–Kier alpha value is -1.99. The van der Waals surface area contributed by atoms with E-state index in [9.17, 15) is 8.42 Å². The number of nitrogens with zero attached hydrogens (tertiary/aromatic N) is 2. The number of hydrogen-bond acceptors (Lipinski definition) is 5. The fraction of sp³-hybridized carbons (Fsp3) is 0.167. The van der Waals surface area contributed by atoms with Crippen LogP contribution in [0.1, 0.15) is 11.3 Å². The first-order valence-electron chi connectivity index (χ1n) is 5.62. The lowest BCUT2D eigenvalue weighted by atomic mass is 10.3. The molecule has 0 unspecified atom stereocenters. The zero-order valence-corrected chi connectivity index (χ0v) is 11.2. The monoisotopic (exact) mass is 278 g/mol. The van der Waals surface area contributed by atoms with Crippen LogP contribution in [0.15, 0.2) is 41.7 Å². The van der Waals surface area contributed by atoms with Crippen molar-refractivity contribution >= 4 is 15.7 Å². The van der Waals surface area contributed by atoms with Crippen molar-refractivity contribution in [1.29, 1.82) is 0 Å². The molecule has 0 bridgehead atoms. The van der Waals surface area contributed by atoms with Crippen molar-refractivity contribution < 1.29 is 8.42 Å². The zero-order valence-electron chi connectivity index (χ0n) is 10.4. The lowest BCUT2D eigenvalue weighted by molar-refractivity contribution is 0.597. The van der Waals surface area contributed by atoms with Crippen molar-refractivity contribution in [3.63, 3.8) is 0 Å². The number of sulfonamides is 1. The van der Waals surface area contributed by atoms with Gasteiger partial charge in [-0.15, -0.1) is 0 Å². The van der Waals surface area contributed by atoms with Crippen LogP contribution in [-0.4, -0.2) is 18.4 Å². The maximum atomic E-state index is 12.1. The molecule has 0 spiro atoms. The number of nitrogens with one attached hydrogen (secondary N) is 1. The third-order valence-electron chi connectivity index (χ3n) is 2.56. The molecule has 3 N–H and O–H groups in total. The highest BCUT2D eigenvalue weighted by atomic mass is 32.2. The first-order chi connectivity index (χ1) is 9.03. The van der Waals surface area contributed by atoms with E-state index in [1.165, 1.54) is 12.3 Å². The Kier molecular flexibility index (Phi) is 3.77. The Morgan fingerprint density at radius 1 is 1.26 bits per heavy atom. The Morgan fingerprint density at radius 3 is 2.63 bits per heavy atom. The molecule has 19 heavy (non-hydrogen) atoms. The maximum absolute atomic E-state index is 12.1. The topological polar surface area (TPSA) is 98.0 Å². The highest BCUT2D eigenvalue weighted by molar-refractivity contribution is 7.92. The summed E-state index contributed by atoms with van der Waals surface area (Å²) < 4.78 is 26.7. The Balaban J connectivity index is 2.30. The molecule has 0 atom stereocenters. The van der Waals surface area contributed by atoms with Gasteiger partial charge in [0.25, 0.3) is 10.0 Å². The van der Waals surface area contributed by atoms with Crippen molar-refractivity contribution in [3.05, 3.63) is 47.9 Å². The fourth-order valence-electron chi connectivity index (χ4n) is 1.48. The molecule has 0 amide bonds. The molecule has 0 saturated heterocycles. The molecular weight excluding hydrogens is 264 g/mol. The molecular formula is C12H14N4O2S. The van der Waals surface area contributed by atoms with Gasteiger partial charge in [-0.3, -0.25) is 9.71 Å². The van der Waals surface area contributed by atoms with Crippen LogP contribution in [0.3, 0.4) is 0 Å². The molecule has 0 aromatic carbocycles. The minimum Gasteiger partial charge on any atom is -0.326 e. The third kappa shape index (κ3) is 3.07. The maximum Gasteiger partial charge on any atom is 0.279 e. The summed E-state index contributed by atoms with van der Waals surface area (Å²) >= 11 is 0. The van der Waals surface area contributed by atoms with Crippen molar-refractivity contribution in [3.8, 4) is 0 Å². The lowest BCUT2D eigenvalue weighted by Crippen LogP contribution is -2.15. The van der Waals surface area contributed by atoms with E-state index in [1.54, 1.807) is 31.3 Å².